The second-order valence-corrected chi connectivity index (χ2v) is 5.15. The van der Waals surface area contributed by atoms with Crippen LogP contribution in [0.1, 0.15) is 37.9 Å². The molecule has 0 aliphatic carbocycles. The fourth-order valence-corrected chi connectivity index (χ4v) is 2.03. The van der Waals surface area contributed by atoms with Crippen molar-refractivity contribution in [1.29, 1.82) is 0 Å². The number of rotatable bonds is 4. The van der Waals surface area contributed by atoms with E-state index in [0.717, 1.165) is 17.8 Å². The summed E-state index contributed by atoms with van der Waals surface area (Å²) < 4.78 is 1.95. The van der Waals surface area contributed by atoms with E-state index in [-0.39, 0.29) is 6.04 Å². The molecular formula is C15H21N3. The first-order valence-electron chi connectivity index (χ1n) is 6.47. The van der Waals surface area contributed by atoms with Crippen LogP contribution < -0.4 is 5.73 Å². The highest BCUT2D eigenvalue weighted by molar-refractivity contribution is 5.41. The second kappa shape index (κ2) is 5.36. The number of nitrogens with two attached hydrogens (primary N) is 1. The second-order valence-electron chi connectivity index (χ2n) is 5.15. The van der Waals surface area contributed by atoms with Crippen LogP contribution in [0.25, 0.3) is 5.69 Å². The van der Waals surface area contributed by atoms with Crippen LogP contribution >= 0.6 is 0 Å². The lowest BCUT2D eigenvalue weighted by Crippen LogP contribution is -2.19. The normalized spacial score (nSPS) is 12.9. The van der Waals surface area contributed by atoms with E-state index in [1.807, 2.05) is 29.9 Å². The summed E-state index contributed by atoms with van der Waals surface area (Å²) >= 11 is 0. The minimum absolute atomic E-state index is 0.159. The van der Waals surface area contributed by atoms with Gasteiger partial charge in [-0.25, -0.2) is 4.68 Å². The first kappa shape index (κ1) is 12.8. The lowest BCUT2D eigenvalue weighted by Gasteiger charge is -2.11. The van der Waals surface area contributed by atoms with Crippen LogP contribution in [0.5, 0.6) is 0 Å². The van der Waals surface area contributed by atoms with Gasteiger partial charge < -0.3 is 5.73 Å². The Labute approximate surface area is 109 Å². The highest BCUT2D eigenvalue weighted by Gasteiger charge is 2.09. The fraction of sp³-hybridized carbons (Fsp3) is 0.400. The number of nitrogens with zero attached hydrogens (tertiary/aromatic N) is 2. The van der Waals surface area contributed by atoms with E-state index in [1.165, 1.54) is 5.56 Å². The molecule has 18 heavy (non-hydrogen) atoms. The fourth-order valence-electron chi connectivity index (χ4n) is 2.03. The van der Waals surface area contributed by atoms with E-state index in [2.05, 4.69) is 37.1 Å². The van der Waals surface area contributed by atoms with Crippen molar-refractivity contribution < 1.29 is 0 Å². The van der Waals surface area contributed by atoms with Gasteiger partial charge in [0, 0.05) is 12.2 Å². The van der Waals surface area contributed by atoms with E-state index < -0.39 is 0 Å². The van der Waals surface area contributed by atoms with Crippen LogP contribution in [0.2, 0.25) is 0 Å². The van der Waals surface area contributed by atoms with E-state index >= 15 is 0 Å². The molecule has 1 heterocycles. The minimum Gasteiger partial charge on any atom is -0.328 e. The van der Waals surface area contributed by atoms with Gasteiger partial charge in [0.2, 0.25) is 0 Å². The summed E-state index contributed by atoms with van der Waals surface area (Å²) in [5, 5.41) is 4.62. The summed E-state index contributed by atoms with van der Waals surface area (Å²) in [6.45, 7) is 6.33. The number of benzene rings is 1. The van der Waals surface area contributed by atoms with Crippen molar-refractivity contribution in [2.45, 2.75) is 39.2 Å². The van der Waals surface area contributed by atoms with Crippen molar-refractivity contribution in [3.05, 3.63) is 47.8 Å². The number of para-hydroxylation sites is 1. The molecular weight excluding hydrogens is 222 g/mol. The lowest BCUT2D eigenvalue weighted by molar-refractivity contribution is 0.720. The molecule has 0 aliphatic heterocycles. The van der Waals surface area contributed by atoms with Gasteiger partial charge in [-0.05, 0) is 37.0 Å². The van der Waals surface area contributed by atoms with Gasteiger partial charge in [0.1, 0.15) is 0 Å². The summed E-state index contributed by atoms with van der Waals surface area (Å²) in [6, 6.07) is 10.5. The molecule has 0 amide bonds. The Hall–Kier alpha value is -1.61. The Bertz CT molecular complexity index is 512. The van der Waals surface area contributed by atoms with Crippen LogP contribution in [-0.2, 0) is 6.42 Å². The quantitative estimate of drug-likeness (QED) is 0.897. The summed E-state index contributed by atoms with van der Waals surface area (Å²) in [4.78, 5) is 0. The Morgan fingerprint density at radius 2 is 1.89 bits per heavy atom. The van der Waals surface area contributed by atoms with Gasteiger partial charge in [0.05, 0.1) is 11.4 Å². The van der Waals surface area contributed by atoms with Gasteiger partial charge in [0.15, 0.2) is 0 Å². The molecule has 0 spiro atoms. The third-order valence-electron chi connectivity index (χ3n) is 2.98. The third-order valence-corrected chi connectivity index (χ3v) is 2.98. The monoisotopic (exact) mass is 243 g/mol. The molecule has 3 nitrogen and oxygen atoms in total. The van der Waals surface area contributed by atoms with E-state index in [4.69, 9.17) is 5.73 Å². The summed E-state index contributed by atoms with van der Waals surface area (Å²) in [5.41, 5.74) is 9.38. The first-order chi connectivity index (χ1) is 8.58. The Kier molecular flexibility index (Phi) is 3.82. The van der Waals surface area contributed by atoms with Gasteiger partial charge in [-0.2, -0.15) is 5.10 Å². The van der Waals surface area contributed by atoms with E-state index in [1.54, 1.807) is 0 Å². The topological polar surface area (TPSA) is 43.8 Å². The zero-order chi connectivity index (χ0) is 13.1. The number of hydrogen-bond donors (Lipinski definition) is 1. The Balaban J connectivity index is 2.36. The molecule has 0 fully saturated rings. The van der Waals surface area contributed by atoms with Crippen LogP contribution in [-0.4, -0.2) is 15.8 Å². The largest absolute Gasteiger partial charge is 0.328 e. The van der Waals surface area contributed by atoms with Crippen LogP contribution in [0, 0.1) is 0 Å². The highest BCUT2D eigenvalue weighted by Crippen LogP contribution is 2.18. The van der Waals surface area contributed by atoms with Crippen molar-refractivity contribution >= 4 is 0 Å². The molecule has 1 aromatic heterocycles. The van der Waals surface area contributed by atoms with E-state index in [9.17, 15) is 0 Å². The molecule has 2 N–H and O–H groups in total. The van der Waals surface area contributed by atoms with Crippen molar-refractivity contribution in [2.75, 3.05) is 0 Å². The maximum absolute atomic E-state index is 5.90. The van der Waals surface area contributed by atoms with Crippen molar-refractivity contribution in [3.63, 3.8) is 0 Å². The summed E-state index contributed by atoms with van der Waals surface area (Å²) in [5.74, 6) is 0.451. The molecule has 0 aliphatic rings. The molecule has 0 saturated carbocycles. The van der Waals surface area contributed by atoms with Crippen LogP contribution in [0.3, 0.4) is 0 Å². The van der Waals surface area contributed by atoms with Gasteiger partial charge in [-0.15, -0.1) is 0 Å². The Morgan fingerprint density at radius 3 is 2.50 bits per heavy atom. The average Bonchev–Trinajstić information content (AvgIpc) is 2.78. The number of aromatic nitrogens is 2. The van der Waals surface area contributed by atoms with Crippen LogP contribution in [0.15, 0.2) is 36.5 Å². The summed E-state index contributed by atoms with van der Waals surface area (Å²) in [6.07, 6.45) is 2.89. The maximum Gasteiger partial charge on any atom is 0.0678 e. The predicted octanol–water partition coefficient (Wildman–Crippen LogP) is 2.89. The molecule has 2 aromatic rings. The van der Waals surface area contributed by atoms with E-state index in [0.29, 0.717) is 5.92 Å². The molecule has 1 unspecified atom stereocenters. The third kappa shape index (κ3) is 2.79. The molecule has 0 bridgehead atoms. The zero-order valence-corrected chi connectivity index (χ0v) is 11.3. The molecule has 3 heteroatoms. The van der Waals surface area contributed by atoms with Crippen molar-refractivity contribution in [2.24, 2.45) is 5.73 Å². The van der Waals surface area contributed by atoms with Crippen molar-refractivity contribution in [1.82, 2.24) is 9.78 Å². The smallest absolute Gasteiger partial charge is 0.0678 e. The van der Waals surface area contributed by atoms with Gasteiger partial charge in [0.25, 0.3) is 0 Å². The molecule has 1 atom stereocenters. The first-order valence-corrected chi connectivity index (χ1v) is 6.47. The molecule has 0 saturated heterocycles. The highest BCUT2D eigenvalue weighted by atomic mass is 15.3. The molecule has 2 rings (SSSR count). The van der Waals surface area contributed by atoms with Gasteiger partial charge in [-0.1, -0.05) is 32.0 Å². The van der Waals surface area contributed by atoms with Crippen molar-refractivity contribution in [3.8, 4) is 5.69 Å². The lowest BCUT2D eigenvalue weighted by atomic mass is 10.1. The van der Waals surface area contributed by atoms with Gasteiger partial charge >= 0.3 is 0 Å². The SMILES string of the molecule is CC(N)Cc1ccccc1-n1ccc(C(C)C)n1. The maximum atomic E-state index is 5.90. The minimum atomic E-state index is 0.159. The molecule has 1 aromatic carbocycles. The predicted molar refractivity (Wildman–Crippen MR) is 75.0 cm³/mol. The molecule has 96 valence electrons. The van der Waals surface area contributed by atoms with Gasteiger partial charge in [-0.3, -0.25) is 0 Å². The standard InChI is InChI=1S/C15H21N3/c1-11(2)14-8-9-18(17-14)15-7-5-4-6-13(15)10-12(3)16/h4-9,11-12H,10,16H2,1-3H3. The van der Waals surface area contributed by atoms with Crippen LogP contribution in [0.4, 0.5) is 0 Å². The number of hydrogen-bond acceptors (Lipinski definition) is 2. The summed E-state index contributed by atoms with van der Waals surface area (Å²) in [7, 11) is 0. The average molecular weight is 243 g/mol. The Morgan fingerprint density at radius 1 is 1.17 bits per heavy atom. The molecule has 0 radical (unpaired) electrons. The zero-order valence-electron chi connectivity index (χ0n) is 11.3.